The van der Waals surface area contributed by atoms with Crippen LogP contribution >= 0.6 is 27.7 Å². The van der Waals surface area contributed by atoms with Gasteiger partial charge in [0.25, 0.3) is 0 Å². The molecule has 11 heteroatoms. The van der Waals surface area contributed by atoms with Crippen molar-refractivity contribution in [3.8, 4) is 0 Å². The molecule has 6 atom stereocenters. The van der Waals surface area contributed by atoms with E-state index in [1.54, 1.807) is 23.9 Å². The number of rotatable bonds is 17. The molecule has 4 aliphatic heterocycles. The minimum Gasteiger partial charge on any atom is -0.396 e. The van der Waals surface area contributed by atoms with Crippen LogP contribution in [0.5, 0.6) is 0 Å². The van der Waals surface area contributed by atoms with Gasteiger partial charge in [-0.05, 0) is 25.7 Å². The number of morpholine rings is 1. The van der Waals surface area contributed by atoms with Gasteiger partial charge in [0.2, 0.25) is 17.7 Å². The van der Waals surface area contributed by atoms with E-state index in [9.17, 15) is 19.5 Å². The van der Waals surface area contributed by atoms with Gasteiger partial charge in [-0.1, -0.05) is 47.8 Å². The molecule has 4 saturated heterocycles. The van der Waals surface area contributed by atoms with Gasteiger partial charge in [0.05, 0.1) is 29.8 Å². The molecule has 0 aromatic heterocycles. The number of hydrogen-bond donors (Lipinski definition) is 1. The third-order valence-corrected chi connectivity index (χ3v) is 12.4. The van der Waals surface area contributed by atoms with Crippen LogP contribution in [0.1, 0.15) is 45.4 Å². The number of hydrogen-bond acceptors (Lipinski definition) is 7. The van der Waals surface area contributed by atoms with Gasteiger partial charge in [0, 0.05) is 69.0 Å². The molecular formula is C31H49BrN4O5S. The number of nitrogens with zero attached hydrogens (tertiary/aromatic N) is 4. The number of fused-ring (bicyclic) bond motifs is 1. The van der Waals surface area contributed by atoms with Crippen molar-refractivity contribution in [3.63, 3.8) is 0 Å². The number of alkyl halides is 1. The second-order valence-electron chi connectivity index (χ2n) is 11.9. The fraction of sp³-hybridized carbons (Fsp3) is 0.774. The second-order valence-corrected chi connectivity index (χ2v) is 14.6. The normalized spacial score (nSPS) is 30.4. The number of carbonyl (C=O) groups is 3. The van der Waals surface area contributed by atoms with E-state index in [0.29, 0.717) is 52.4 Å². The van der Waals surface area contributed by atoms with Crippen LogP contribution in [0.4, 0.5) is 0 Å². The lowest BCUT2D eigenvalue weighted by Gasteiger charge is -2.39. The molecule has 42 heavy (non-hydrogen) atoms. The van der Waals surface area contributed by atoms with Gasteiger partial charge in [0.15, 0.2) is 0 Å². The van der Waals surface area contributed by atoms with Crippen LogP contribution in [0.15, 0.2) is 25.3 Å². The second kappa shape index (κ2) is 15.5. The molecule has 0 aromatic rings. The molecular weight excluding hydrogens is 620 g/mol. The fourth-order valence-electron chi connectivity index (χ4n) is 7.31. The predicted octanol–water partition coefficient (Wildman–Crippen LogP) is 2.78. The van der Waals surface area contributed by atoms with Crippen LogP contribution in [-0.2, 0) is 19.1 Å². The molecule has 4 rings (SSSR count). The summed E-state index contributed by atoms with van der Waals surface area (Å²) in [6, 6.07) is -0.621. The number of amides is 3. The summed E-state index contributed by atoms with van der Waals surface area (Å²) in [5.74, 6) is -1.07. The highest BCUT2D eigenvalue weighted by molar-refractivity contribution is 9.09. The molecule has 3 amide bonds. The Bertz CT molecular complexity index is 981. The zero-order chi connectivity index (χ0) is 30.3. The molecule has 2 bridgehead atoms. The van der Waals surface area contributed by atoms with Crippen LogP contribution in [0.2, 0.25) is 0 Å². The maximum absolute atomic E-state index is 14.6. The van der Waals surface area contributed by atoms with Crippen molar-refractivity contribution >= 4 is 45.4 Å². The van der Waals surface area contributed by atoms with E-state index >= 15 is 0 Å². The number of likely N-dealkylation sites (tertiary alicyclic amines) is 1. The molecule has 9 nitrogen and oxygen atoms in total. The summed E-state index contributed by atoms with van der Waals surface area (Å²) in [4.78, 5) is 51.0. The lowest BCUT2D eigenvalue weighted by Crippen LogP contribution is -2.56. The van der Waals surface area contributed by atoms with Crippen molar-refractivity contribution in [2.24, 2.45) is 11.8 Å². The summed E-state index contributed by atoms with van der Waals surface area (Å²) in [5, 5.41) is 9.16. The molecule has 0 aromatic carbocycles. The van der Waals surface area contributed by atoms with Crippen molar-refractivity contribution in [2.45, 2.75) is 66.3 Å². The molecule has 3 unspecified atom stereocenters. The fourth-order valence-corrected chi connectivity index (χ4v) is 10.9. The molecule has 0 radical (unpaired) electrons. The van der Waals surface area contributed by atoms with Crippen molar-refractivity contribution in [2.75, 3.05) is 72.2 Å². The first-order valence-corrected chi connectivity index (χ1v) is 17.5. The lowest BCUT2D eigenvalue weighted by molar-refractivity contribution is -0.144. The van der Waals surface area contributed by atoms with Crippen LogP contribution in [0.3, 0.4) is 0 Å². The molecule has 4 heterocycles. The molecule has 1 N–H and O–H groups in total. The Morgan fingerprint density at radius 2 is 1.74 bits per heavy atom. The summed E-state index contributed by atoms with van der Waals surface area (Å²) in [5.41, 5.74) is 0. The highest BCUT2D eigenvalue weighted by Gasteiger charge is 2.75. The number of halogens is 1. The van der Waals surface area contributed by atoms with Crippen LogP contribution in [0, 0.1) is 11.8 Å². The standard InChI is InChI=1S/C31H49BrN4O5S/c1-4-11-34(12-5-2)28(38)24-25-29(39)36(14-9-7-8-10-19-37)27(31(25)22-23(32)26(24)42-31)30(40)35(13-6-3)16-15-33-17-20-41-21-18-33/h4,6,23-27,37H,1,3,5,7-22H2,2H3/t23?,24-,25+,26-,27?,31?/m1/s1. The minimum absolute atomic E-state index is 0.00452. The van der Waals surface area contributed by atoms with Gasteiger partial charge in [-0.3, -0.25) is 19.3 Å². The van der Waals surface area contributed by atoms with Crippen molar-refractivity contribution in [3.05, 3.63) is 25.3 Å². The van der Waals surface area contributed by atoms with Crippen LogP contribution in [-0.4, -0.2) is 135 Å². The molecule has 0 saturated carbocycles. The molecule has 4 aliphatic rings. The van der Waals surface area contributed by atoms with E-state index in [1.807, 2.05) is 21.6 Å². The maximum atomic E-state index is 14.6. The predicted molar refractivity (Wildman–Crippen MR) is 171 cm³/mol. The Morgan fingerprint density at radius 3 is 2.38 bits per heavy atom. The number of thioether (sulfide) groups is 1. The van der Waals surface area contributed by atoms with E-state index < -0.39 is 22.6 Å². The van der Waals surface area contributed by atoms with Gasteiger partial charge < -0.3 is 24.5 Å². The van der Waals surface area contributed by atoms with Gasteiger partial charge in [-0.25, -0.2) is 0 Å². The monoisotopic (exact) mass is 668 g/mol. The molecule has 236 valence electrons. The number of aliphatic hydroxyl groups excluding tert-OH is 1. The van der Waals surface area contributed by atoms with Crippen molar-refractivity contribution in [1.82, 2.24) is 19.6 Å². The van der Waals surface area contributed by atoms with Gasteiger partial charge >= 0.3 is 0 Å². The van der Waals surface area contributed by atoms with Gasteiger partial charge in [-0.2, -0.15) is 0 Å². The molecule has 1 spiro atoms. The van der Waals surface area contributed by atoms with Crippen molar-refractivity contribution < 1.29 is 24.2 Å². The van der Waals surface area contributed by atoms with Crippen LogP contribution < -0.4 is 0 Å². The molecule has 4 fully saturated rings. The summed E-state index contributed by atoms with van der Waals surface area (Å²) < 4.78 is 4.85. The Balaban J connectivity index is 1.64. The smallest absolute Gasteiger partial charge is 0.247 e. The molecule has 0 aliphatic carbocycles. The summed E-state index contributed by atoms with van der Waals surface area (Å²) in [7, 11) is 0. The zero-order valence-electron chi connectivity index (χ0n) is 25.1. The quantitative estimate of drug-likeness (QED) is 0.145. The van der Waals surface area contributed by atoms with Crippen LogP contribution in [0.25, 0.3) is 0 Å². The van der Waals surface area contributed by atoms with E-state index in [1.165, 1.54) is 0 Å². The van der Waals surface area contributed by atoms with E-state index in [-0.39, 0.29) is 34.4 Å². The maximum Gasteiger partial charge on any atom is 0.247 e. The highest BCUT2D eigenvalue weighted by Crippen LogP contribution is 2.68. The number of carbonyl (C=O) groups excluding carboxylic acids is 3. The summed E-state index contributed by atoms with van der Waals surface area (Å²) in [6.45, 7) is 16.3. The topological polar surface area (TPSA) is 93.6 Å². The largest absolute Gasteiger partial charge is 0.396 e. The zero-order valence-corrected chi connectivity index (χ0v) is 27.5. The first kappa shape index (κ1) is 33.5. The van der Waals surface area contributed by atoms with E-state index in [2.05, 4.69) is 34.0 Å². The van der Waals surface area contributed by atoms with E-state index in [0.717, 1.165) is 51.7 Å². The highest BCUT2D eigenvalue weighted by atomic mass is 79.9. The van der Waals surface area contributed by atoms with Gasteiger partial charge in [0.1, 0.15) is 6.04 Å². The average molecular weight is 670 g/mol. The SMILES string of the molecule is C=CCN(CCN1CCOCC1)C(=O)C1N(CCCCCCO)C(=O)[C@@H]2[C@@H](C(=O)N(CC=C)CCC)[C@@H]3SC12CC3Br. The van der Waals surface area contributed by atoms with E-state index in [4.69, 9.17) is 4.74 Å². The lowest BCUT2D eigenvalue weighted by atomic mass is 9.70. The van der Waals surface area contributed by atoms with Crippen molar-refractivity contribution in [1.29, 1.82) is 0 Å². The number of unbranched alkanes of at least 4 members (excludes halogenated alkanes) is 3. The third kappa shape index (κ3) is 6.80. The summed E-state index contributed by atoms with van der Waals surface area (Å²) in [6.07, 6.45) is 8.26. The Morgan fingerprint density at radius 1 is 1.07 bits per heavy atom. The van der Waals surface area contributed by atoms with Gasteiger partial charge in [-0.15, -0.1) is 24.9 Å². The Kier molecular flexibility index (Phi) is 12.4. The Hall–Kier alpha value is -1.40. The first-order valence-electron chi connectivity index (χ1n) is 15.7. The summed E-state index contributed by atoms with van der Waals surface area (Å²) >= 11 is 5.59. The Labute approximate surface area is 264 Å². The number of ether oxygens (including phenoxy) is 1. The minimum atomic E-state index is -0.650. The number of aliphatic hydroxyl groups is 1. The third-order valence-electron chi connectivity index (χ3n) is 9.22. The average Bonchev–Trinajstić information content (AvgIpc) is 3.58. The first-order chi connectivity index (χ1) is 20.3.